The summed E-state index contributed by atoms with van der Waals surface area (Å²) >= 11 is 0. The molecule has 0 bridgehead atoms. The third kappa shape index (κ3) is 3.66. The number of ether oxygens (including phenoxy) is 1. The van der Waals surface area contributed by atoms with Crippen LogP contribution in [0, 0.1) is 0 Å². The summed E-state index contributed by atoms with van der Waals surface area (Å²) in [5.41, 5.74) is 0. The zero-order valence-corrected chi connectivity index (χ0v) is 10.7. The van der Waals surface area contributed by atoms with E-state index in [2.05, 4.69) is 10.6 Å². The summed E-state index contributed by atoms with van der Waals surface area (Å²) in [6.45, 7) is 1.60. The van der Waals surface area contributed by atoms with Crippen LogP contribution in [0.15, 0.2) is 0 Å². The zero-order valence-electron chi connectivity index (χ0n) is 10.7. The number of amides is 2. The Balaban J connectivity index is 1.77. The number of carboxylic acid groups (broad SMARTS) is 1. The molecule has 1 aliphatic carbocycles. The first kappa shape index (κ1) is 13.8. The minimum atomic E-state index is -1.06. The fourth-order valence-corrected chi connectivity index (χ4v) is 1.94. The van der Waals surface area contributed by atoms with E-state index < -0.39 is 30.1 Å². The number of hydrogen-bond acceptors (Lipinski definition) is 4. The van der Waals surface area contributed by atoms with Crippen LogP contribution < -0.4 is 10.6 Å². The number of aliphatic carboxylic acids is 1. The van der Waals surface area contributed by atoms with Gasteiger partial charge in [0.1, 0.15) is 12.1 Å². The van der Waals surface area contributed by atoms with Gasteiger partial charge >= 0.3 is 5.97 Å². The molecule has 19 heavy (non-hydrogen) atoms. The number of carboxylic acids is 1. The highest BCUT2D eigenvalue weighted by molar-refractivity contribution is 5.89. The smallest absolute Gasteiger partial charge is 0.332 e. The lowest BCUT2D eigenvalue weighted by Crippen LogP contribution is -2.48. The van der Waals surface area contributed by atoms with Crippen molar-refractivity contribution in [3.05, 3.63) is 0 Å². The van der Waals surface area contributed by atoms with Crippen LogP contribution in [0.5, 0.6) is 0 Å². The molecule has 0 aromatic carbocycles. The number of hydrogen-bond donors (Lipinski definition) is 3. The highest BCUT2D eigenvalue weighted by Gasteiger charge is 2.36. The molecule has 0 aromatic rings. The van der Waals surface area contributed by atoms with Crippen molar-refractivity contribution in [2.45, 2.75) is 56.9 Å². The molecule has 0 aromatic heterocycles. The van der Waals surface area contributed by atoms with Crippen LogP contribution in [0.4, 0.5) is 0 Å². The second-order valence-electron chi connectivity index (χ2n) is 5.04. The summed E-state index contributed by atoms with van der Waals surface area (Å²) in [5, 5.41) is 14.1. The molecule has 106 valence electrons. The summed E-state index contributed by atoms with van der Waals surface area (Å²) in [7, 11) is 0. The molecular weight excluding hydrogens is 252 g/mol. The van der Waals surface area contributed by atoms with E-state index in [1.165, 1.54) is 0 Å². The second kappa shape index (κ2) is 5.56. The van der Waals surface area contributed by atoms with E-state index >= 15 is 0 Å². The van der Waals surface area contributed by atoms with Crippen molar-refractivity contribution in [2.75, 3.05) is 0 Å². The number of carbonyl (C=O) groups is 3. The predicted octanol–water partition coefficient (Wildman–Crippen LogP) is -0.598. The van der Waals surface area contributed by atoms with Gasteiger partial charge in [0.2, 0.25) is 11.8 Å². The Morgan fingerprint density at radius 2 is 1.79 bits per heavy atom. The van der Waals surface area contributed by atoms with Crippen LogP contribution in [-0.4, -0.2) is 47.2 Å². The van der Waals surface area contributed by atoms with Gasteiger partial charge in [0.05, 0.1) is 0 Å². The van der Waals surface area contributed by atoms with E-state index in [0.29, 0.717) is 12.8 Å². The Morgan fingerprint density at radius 3 is 2.32 bits per heavy atom. The average molecular weight is 270 g/mol. The van der Waals surface area contributed by atoms with E-state index in [1.54, 1.807) is 6.92 Å². The molecule has 1 unspecified atom stereocenters. The van der Waals surface area contributed by atoms with Gasteiger partial charge in [-0.3, -0.25) is 9.59 Å². The maximum absolute atomic E-state index is 11.8. The van der Waals surface area contributed by atoms with E-state index in [0.717, 1.165) is 12.8 Å². The quantitative estimate of drug-likeness (QED) is 0.619. The van der Waals surface area contributed by atoms with Gasteiger partial charge in [0.25, 0.3) is 0 Å². The maximum Gasteiger partial charge on any atom is 0.332 e. The van der Waals surface area contributed by atoms with Gasteiger partial charge in [-0.1, -0.05) is 0 Å². The molecular formula is C12H18N2O5. The van der Waals surface area contributed by atoms with Crippen LogP contribution in [-0.2, 0) is 19.1 Å². The molecule has 2 amide bonds. The van der Waals surface area contributed by atoms with Gasteiger partial charge in [-0.2, -0.15) is 0 Å². The van der Waals surface area contributed by atoms with Crippen molar-refractivity contribution in [1.82, 2.24) is 10.6 Å². The monoisotopic (exact) mass is 270 g/mol. The average Bonchev–Trinajstić information content (AvgIpc) is 3.01. The fourth-order valence-electron chi connectivity index (χ4n) is 1.94. The van der Waals surface area contributed by atoms with E-state index in [4.69, 9.17) is 9.84 Å². The first-order valence-corrected chi connectivity index (χ1v) is 6.46. The Labute approximate surface area is 110 Å². The van der Waals surface area contributed by atoms with Crippen molar-refractivity contribution in [2.24, 2.45) is 0 Å². The van der Waals surface area contributed by atoms with Crippen LogP contribution in [0.25, 0.3) is 0 Å². The summed E-state index contributed by atoms with van der Waals surface area (Å²) in [5.74, 6) is -1.71. The topological polar surface area (TPSA) is 105 Å². The highest BCUT2D eigenvalue weighted by Crippen LogP contribution is 2.20. The molecule has 1 aliphatic heterocycles. The second-order valence-corrected chi connectivity index (χ2v) is 5.04. The summed E-state index contributed by atoms with van der Waals surface area (Å²) in [6.07, 6.45) is 0.941. The van der Waals surface area contributed by atoms with Gasteiger partial charge in [-0.15, -0.1) is 0 Å². The molecule has 0 spiro atoms. The lowest BCUT2D eigenvalue weighted by molar-refractivity contribution is -0.152. The van der Waals surface area contributed by atoms with Crippen molar-refractivity contribution in [1.29, 1.82) is 0 Å². The van der Waals surface area contributed by atoms with Crippen LogP contribution in [0.1, 0.15) is 32.6 Å². The van der Waals surface area contributed by atoms with Crippen molar-refractivity contribution in [3.8, 4) is 0 Å². The van der Waals surface area contributed by atoms with Gasteiger partial charge in [0.15, 0.2) is 6.10 Å². The molecule has 1 heterocycles. The van der Waals surface area contributed by atoms with Crippen molar-refractivity contribution >= 4 is 17.8 Å². The van der Waals surface area contributed by atoms with Crippen LogP contribution in [0.3, 0.4) is 0 Å². The van der Waals surface area contributed by atoms with Gasteiger partial charge in [0, 0.05) is 6.04 Å². The highest BCUT2D eigenvalue weighted by atomic mass is 16.5. The number of nitrogens with one attached hydrogen (secondary N) is 2. The van der Waals surface area contributed by atoms with E-state index in [9.17, 15) is 14.4 Å². The molecule has 2 fully saturated rings. The molecule has 3 N–H and O–H groups in total. The summed E-state index contributed by atoms with van der Waals surface area (Å²) < 4.78 is 5.12. The minimum absolute atomic E-state index is 0.219. The molecule has 1 saturated carbocycles. The first-order valence-electron chi connectivity index (χ1n) is 6.46. The number of rotatable bonds is 5. The van der Waals surface area contributed by atoms with Crippen molar-refractivity contribution < 1.29 is 24.2 Å². The Bertz CT molecular complexity index is 394. The van der Waals surface area contributed by atoms with Crippen molar-refractivity contribution in [3.63, 3.8) is 0 Å². The molecule has 7 nitrogen and oxygen atoms in total. The van der Waals surface area contributed by atoms with E-state index in [1.807, 2.05) is 0 Å². The zero-order chi connectivity index (χ0) is 14.0. The fraction of sp³-hybridized carbons (Fsp3) is 0.750. The third-order valence-electron chi connectivity index (χ3n) is 3.26. The standard InChI is InChI=1S/C12H18N2O5/c1-6(10(15)14-7-2-3-7)13-11(16)8-4-5-9(19-8)12(17)18/h6-9H,2-5H2,1H3,(H,13,16)(H,14,15)(H,17,18)/t6?,8-,9+/m0/s1. The molecule has 2 aliphatic rings. The number of carbonyl (C=O) groups excluding carboxylic acids is 2. The molecule has 1 saturated heterocycles. The molecule has 3 atom stereocenters. The van der Waals surface area contributed by atoms with Gasteiger partial charge in [-0.05, 0) is 32.6 Å². The first-order chi connectivity index (χ1) is 8.97. The Kier molecular flexibility index (Phi) is 4.04. The largest absolute Gasteiger partial charge is 0.479 e. The molecule has 2 rings (SSSR count). The Hall–Kier alpha value is -1.63. The van der Waals surface area contributed by atoms with Crippen LogP contribution >= 0.6 is 0 Å². The summed E-state index contributed by atoms with van der Waals surface area (Å²) in [4.78, 5) is 34.2. The lowest BCUT2D eigenvalue weighted by atomic mass is 10.2. The van der Waals surface area contributed by atoms with Gasteiger partial charge < -0.3 is 20.5 Å². The summed E-state index contributed by atoms with van der Waals surface area (Å²) in [6, 6.07) is -0.397. The lowest BCUT2D eigenvalue weighted by Gasteiger charge is -2.17. The van der Waals surface area contributed by atoms with E-state index in [-0.39, 0.29) is 11.9 Å². The SMILES string of the molecule is CC(NC(=O)[C@@H]1CC[C@H](C(=O)O)O1)C(=O)NC1CC1. The normalized spacial score (nSPS) is 27.6. The minimum Gasteiger partial charge on any atom is -0.479 e. The van der Waals surface area contributed by atoms with Crippen LogP contribution in [0.2, 0.25) is 0 Å². The molecule has 0 radical (unpaired) electrons. The molecule has 7 heteroatoms. The predicted molar refractivity (Wildman–Crippen MR) is 64.3 cm³/mol. The Morgan fingerprint density at radius 1 is 1.16 bits per heavy atom. The van der Waals surface area contributed by atoms with Gasteiger partial charge in [-0.25, -0.2) is 4.79 Å². The third-order valence-corrected chi connectivity index (χ3v) is 3.26. The maximum atomic E-state index is 11.8.